The zero-order valence-electron chi connectivity index (χ0n) is 10.8. The maximum absolute atomic E-state index is 9.55. The molecule has 1 rings (SSSR count). The molecule has 3 unspecified atom stereocenters. The van der Waals surface area contributed by atoms with Gasteiger partial charge in [0.05, 0.1) is 6.10 Å². The number of nitriles is 1. The highest BCUT2D eigenvalue weighted by atomic mass is 16.5. The van der Waals surface area contributed by atoms with E-state index in [0.717, 1.165) is 25.7 Å². The highest BCUT2D eigenvalue weighted by Crippen LogP contribution is 2.49. The quantitative estimate of drug-likeness (QED) is 0.751. The molecular formula is C13H23NO2. The predicted octanol–water partition coefficient (Wildman–Crippen LogP) is 2.84. The summed E-state index contributed by atoms with van der Waals surface area (Å²) in [6, 6.07) is 0. The Kier molecular flexibility index (Phi) is 3.85. The Bertz CT molecular complexity index is 280. The summed E-state index contributed by atoms with van der Waals surface area (Å²) in [5.74, 6) is 0. The van der Waals surface area contributed by atoms with E-state index >= 15 is 0 Å². The van der Waals surface area contributed by atoms with Crippen molar-refractivity contribution in [1.29, 1.82) is 5.26 Å². The molecule has 0 amide bonds. The van der Waals surface area contributed by atoms with Crippen LogP contribution in [0.5, 0.6) is 0 Å². The van der Waals surface area contributed by atoms with E-state index in [2.05, 4.69) is 20.8 Å². The van der Waals surface area contributed by atoms with Crippen LogP contribution in [-0.4, -0.2) is 17.3 Å². The van der Waals surface area contributed by atoms with E-state index in [1.807, 2.05) is 6.92 Å². The minimum Gasteiger partial charge on any atom is -0.424 e. The molecule has 0 saturated heterocycles. The summed E-state index contributed by atoms with van der Waals surface area (Å²) in [6.45, 7) is 8.43. The zero-order valence-corrected chi connectivity index (χ0v) is 10.8. The lowest BCUT2D eigenvalue weighted by Gasteiger charge is -2.46. The Labute approximate surface area is 98.4 Å². The maximum Gasteiger partial charge on any atom is 0.286 e. The highest BCUT2D eigenvalue weighted by Gasteiger charge is 2.42. The molecule has 3 nitrogen and oxygen atoms in total. The normalized spacial score (nSPS) is 35.1. The Morgan fingerprint density at radius 2 is 2.06 bits per heavy atom. The molecule has 0 aromatic heterocycles. The number of nitrogens with zero attached hydrogens (tertiary/aromatic N) is 1. The molecule has 0 aromatic carbocycles. The van der Waals surface area contributed by atoms with Crippen molar-refractivity contribution in [2.24, 2.45) is 10.8 Å². The lowest BCUT2D eigenvalue weighted by atomic mass is 9.61. The van der Waals surface area contributed by atoms with Crippen LogP contribution >= 0.6 is 0 Å². The van der Waals surface area contributed by atoms with E-state index in [4.69, 9.17) is 10.00 Å². The first-order valence-corrected chi connectivity index (χ1v) is 5.99. The fourth-order valence-electron chi connectivity index (χ4n) is 3.56. The van der Waals surface area contributed by atoms with Crippen molar-refractivity contribution in [1.82, 2.24) is 0 Å². The minimum absolute atomic E-state index is 0.0116. The van der Waals surface area contributed by atoms with E-state index in [9.17, 15) is 5.11 Å². The van der Waals surface area contributed by atoms with E-state index in [-0.39, 0.29) is 23.0 Å². The molecule has 0 aromatic rings. The Balaban J connectivity index is 2.75. The lowest BCUT2D eigenvalue weighted by molar-refractivity contribution is -0.0307. The van der Waals surface area contributed by atoms with Crippen molar-refractivity contribution in [3.8, 4) is 6.26 Å². The Morgan fingerprint density at radius 3 is 2.56 bits per heavy atom. The van der Waals surface area contributed by atoms with Crippen LogP contribution in [0.15, 0.2) is 0 Å². The topological polar surface area (TPSA) is 53.2 Å². The van der Waals surface area contributed by atoms with E-state index in [0.29, 0.717) is 0 Å². The number of aliphatic hydroxyl groups is 1. The van der Waals surface area contributed by atoms with Gasteiger partial charge in [0.1, 0.15) is 6.10 Å². The molecular weight excluding hydrogens is 202 g/mol. The second-order valence-electron chi connectivity index (χ2n) is 6.44. The highest BCUT2D eigenvalue weighted by molar-refractivity contribution is 4.93. The number of hydrogen-bond acceptors (Lipinski definition) is 3. The predicted molar refractivity (Wildman–Crippen MR) is 62.5 cm³/mol. The van der Waals surface area contributed by atoms with Crippen molar-refractivity contribution >= 4 is 0 Å². The molecule has 92 valence electrons. The Morgan fingerprint density at radius 1 is 1.44 bits per heavy atom. The summed E-state index contributed by atoms with van der Waals surface area (Å²) in [5.41, 5.74) is 0.265. The number of hydrogen-bond donors (Lipinski definition) is 1. The van der Waals surface area contributed by atoms with Crippen LogP contribution in [0.2, 0.25) is 0 Å². The van der Waals surface area contributed by atoms with Crippen molar-refractivity contribution in [2.45, 2.75) is 65.6 Å². The van der Waals surface area contributed by atoms with Gasteiger partial charge in [-0.3, -0.25) is 0 Å². The van der Waals surface area contributed by atoms with Crippen LogP contribution in [0, 0.1) is 22.3 Å². The third kappa shape index (κ3) is 3.68. The molecule has 0 heterocycles. The summed E-state index contributed by atoms with van der Waals surface area (Å²) in [6.07, 6.45) is 5.18. The number of rotatable bonds is 3. The molecule has 1 aliphatic rings. The molecule has 16 heavy (non-hydrogen) atoms. The van der Waals surface area contributed by atoms with Gasteiger partial charge in [-0.05, 0) is 43.4 Å². The second-order valence-corrected chi connectivity index (χ2v) is 6.44. The molecule has 1 aliphatic carbocycles. The van der Waals surface area contributed by atoms with Crippen LogP contribution in [0.4, 0.5) is 0 Å². The summed E-state index contributed by atoms with van der Waals surface area (Å²) >= 11 is 0. The molecule has 3 heteroatoms. The zero-order chi connectivity index (χ0) is 12.4. The maximum atomic E-state index is 9.55. The van der Waals surface area contributed by atoms with Crippen LogP contribution in [0.1, 0.15) is 53.4 Å². The average Bonchev–Trinajstić information content (AvgIpc) is 1.96. The molecule has 1 saturated carbocycles. The summed E-state index contributed by atoms with van der Waals surface area (Å²) in [5, 5.41) is 18.2. The van der Waals surface area contributed by atoms with Gasteiger partial charge in [-0.25, -0.2) is 0 Å². The van der Waals surface area contributed by atoms with E-state index in [1.54, 1.807) is 6.26 Å². The number of ether oxygens (including phenoxy) is 1. The van der Waals surface area contributed by atoms with Gasteiger partial charge < -0.3 is 9.84 Å². The van der Waals surface area contributed by atoms with Crippen LogP contribution in [0.25, 0.3) is 0 Å². The largest absolute Gasteiger partial charge is 0.424 e. The van der Waals surface area contributed by atoms with Crippen molar-refractivity contribution in [2.75, 3.05) is 0 Å². The van der Waals surface area contributed by atoms with Gasteiger partial charge in [-0.15, -0.1) is 0 Å². The third-order valence-electron chi connectivity index (χ3n) is 3.41. The minimum atomic E-state index is -0.290. The molecule has 1 fully saturated rings. The fourth-order valence-corrected chi connectivity index (χ4v) is 3.56. The van der Waals surface area contributed by atoms with Gasteiger partial charge in [0, 0.05) is 0 Å². The van der Waals surface area contributed by atoms with Gasteiger partial charge in [-0.2, -0.15) is 5.26 Å². The van der Waals surface area contributed by atoms with Crippen molar-refractivity contribution < 1.29 is 9.84 Å². The first-order chi connectivity index (χ1) is 7.26. The molecule has 0 bridgehead atoms. The standard InChI is InChI=1S/C13H23NO2/c1-10(15)5-13(4)7-11(16-9-14)6-12(2,3)8-13/h10-11,15H,5-8H2,1-4H3. The summed E-state index contributed by atoms with van der Waals surface area (Å²) in [4.78, 5) is 0. The smallest absolute Gasteiger partial charge is 0.286 e. The SMILES string of the molecule is CC(O)CC1(C)CC(OC#N)CC(C)(C)C1. The average molecular weight is 225 g/mol. The van der Waals surface area contributed by atoms with Gasteiger partial charge in [0.15, 0.2) is 0 Å². The molecule has 0 aliphatic heterocycles. The van der Waals surface area contributed by atoms with Gasteiger partial charge >= 0.3 is 0 Å². The number of aliphatic hydroxyl groups excluding tert-OH is 1. The van der Waals surface area contributed by atoms with Crippen LogP contribution in [-0.2, 0) is 4.74 Å². The third-order valence-corrected chi connectivity index (χ3v) is 3.41. The molecule has 3 atom stereocenters. The molecule has 0 radical (unpaired) electrons. The first kappa shape index (κ1) is 13.3. The molecule has 1 N–H and O–H groups in total. The monoisotopic (exact) mass is 225 g/mol. The fraction of sp³-hybridized carbons (Fsp3) is 0.923. The van der Waals surface area contributed by atoms with Crippen LogP contribution in [0.3, 0.4) is 0 Å². The lowest BCUT2D eigenvalue weighted by Crippen LogP contribution is -2.40. The van der Waals surface area contributed by atoms with Gasteiger partial charge in [0.2, 0.25) is 0 Å². The summed E-state index contributed by atoms with van der Waals surface area (Å²) < 4.78 is 5.12. The van der Waals surface area contributed by atoms with Gasteiger partial charge in [-0.1, -0.05) is 20.8 Å². The van der Waals surface area contributed by atoms with Crippen molar-refractivity contribution in [3.63, 3.8) is 0 Å². The van der Waals surface area contributed by atoms with Gasteiger partial charge in [0.25, 0.3) is 6.26 Å². The molecule has 0 spiro atoms. The first-order valence-electron chi connectivity index (χ1n) is 5.99. The van der Waals surface area contributed by atoms with Crippen LogP contribution < -0.4 is 0 Å². The Hall–Kier alpha value is -0.750. The second kappa shape index (κ2) is 4.63. The van der Waals surface area contributed by atoms with E-state index in [1.165, 1.54) is 0 Å². The van der Waals surface area contributed by atoms with Crippen molar-refractivity contribution in [3.05, 3.63) is 0 Å². The van der Waals surface area contributed by atoms with E-state index < -0.39 is 0 Å². The summed E-state index contributed by atoms with van der Waals surface area (Å²) in [7, 11) is 0.